The molecule has 0 radical (unpaired) electrons. The minimum Gasteiger partial charge on any atom is -0.492 e. The average molecular weight is 558 g/mol. The summed E-state index contributed by atoms with van der Waals surface area (Å²) in [6.45, 7) is 4.42. The Balaban J connectivity index is 1.66. The molecule has 188 valence electrons. The predicted octanol–water partition coefficient (Wildman–Crippen LogP) is 5.05. The second-order valence-corrected chi connectivity index (χ2v) is 8.08. The Kier molecular flexibility index (Phi) is 9.82. The molecule has 36 heavy (non-hydrogen) atoms. The van der Waals surface area contributed by atoms with Crippen LogP contribution in [0, 0.1) is 5.82 Å². The Morgan fingerprint density at radius 3 is 2.39 bits per heavy atom. The van der Waals surface area contributed by atoms with Crippen molar-refractivity contribution in [2.24, 2.45) is 5.10 Å². The second-order valence-electron chi connectivity index (χ2n) is 7.23. The molecule has 0 aromatic heterocycles. The lowest BCUT2D eigenvalue weighted by molar-refractivity contribution is -0.136. The van der Waals surface area contributed by atoms with Crippen LogP contribution >= 0.6 is 15.9 Å². The van der Waals surface area contributed by atoms with Crippen LogP contribution in [-0.2, 0) is 16.2 Å². The van der Waals surface area contributed by atoms with Crippen LogP contribution in [0.5, 0.6) is 17.2 Å². The summed E-state index contributed by atoms with van der Waals surface area (Å²) in [6, 6.07) is 16.5. The number of nitrogens with one attached hydrogen (secondary N) is 2. The topological polar surface area (TPSA) is 98.2 Å². The molecule has 0 unspecified atom stereocenters. The number of halogens is 2. The van der Waals surface area contributed by atoms with Crippen molar-refractivity contribution in [1.82, 2.24) is 5.43 Å². The van der Waals surface area contributed by atoms with E-state index in [0.29, 0.717) is 51.7 Å². The van der Waals surface area contributed by atoms with E-state index >= 15 is 0 Å². The average Bonchev–Trinajstić information content (AvgIpc) is 2.86. The van der Waals surface area contributed by atoms with E-state index in [1.165, 1.54) is 12.3 Å². The van der Waals surface area contributed by atoms with E-state index in [9.17, 15) is 14.0 Å². The number of benzene rings is 3. The maximum Gasteiger partial charge on any atom is 0.329 e. The Morgan fingerprint density at radius 2 is 1.64 bits per heavy atom. The van der Waals surface area contributed by atoms with Gasteiger partial charge in [0.05, 0.1) is 29.6 Å². The highest BCUT2D eigenvalue weighted by atomic mass is 79.9. The van der Waals surface area contributed by atoms with Crippen molar-refractivity contribution in [2.45, 2.75) is 20.5 Å². The first kappa shape index (κ1) is 26.7. The van der Waals surface area contributed by atoms with Crippen LogP contribution in [0.4, 0.5) is 10.1 Å². The first-order valence-electron chi connectivity index (χ1n) is 11.1. The molecule has 0 fully saturated rings. The molecule has 0 aliphatic carbocycles. The van der Waals surface area contributed by atoms with Crippen molar-refractivity contribution in [3.8, 4) is 17.2 Å². The number of hydrogen-bond acceptors (Lipinski definition) is 6. The van der Waals surface area contributed by atoms with Gasteiger partial charge in [-0.2, -0.15) is 5.10 Å². The van der Waals surface area contributed by atoms with E-state index in [1.54, 1.807) is 54.6 Å². The fraction of sp³-hybridized carbons (Fsp3) is 0.192. The van der Waals surface area contributed by atoms with Gasteiger partial charge >= 0.3 is 11.8 Å². The lowest BCUT2D eigenvalue weighted by Crippen LogP contribution is -2.32. The molecule has 0 atom stereocenters. The summed E-state index contributed by atoms with van der Waals surface area (Å²) in [5, 5.41) is 6.35. The summed E-state index contributed by atoms with van der Waals surface area (Å²) in [6.07, 6.45) is 1.35. The van der Waals surface area contributed by atoms with Crippen LogP contribution in [0.15, 0.2) is 70.2 Å². The molecular formula is C26H25BrFN3O5. The van der Waals surface area contributed by atoms with Crippen LogP contribution in [0.25, 0.3) is 0 Å². The van der Waals surface area contributed by atoms with Crippen molar-refractivity contribution >= 4 is 39.6 Å². The third-order valence-electron chi connectivity index (χ3n) is 4.68. The van der Waals surface area contributed by atoms with Crippen molar-refractivity contribution in [3.63, 3.8) is 0 Å². The number of carbonyl (C=O) groups is 2. The van der Waals surface area contributed by atoms with E-state index < -0.39 is 11.8 Å². The molecule has 8 nitrogen and oxygen atoms in total. The third-order valence-corrected chi connectivity index (χ3v) is 5.27. The largest absolute Gasteiger partial charge is 0.492 e. The molecule has 0 spiro atoms. The third kappa shape index (κ3) is 7.29. The van der Waals surface area contributed by atoms with Crippen molar-refractivity contribution in [3.05, 3.63) is 82.1 Å². The molecule has 3 rings (SSSR count). The zero-order valence-corrected chi connectivity index (χ0v) is 21.3. The summed E-state index contributed by atoms with van der Waals surface area (Å²) in [5.74, 6) is -0.958. The molecule has 2 amide bonds. The summed E-state index contributed by atoms with van der Waals surface area (Å²) < 4.78 is 31.4. The number of amides is 2. The van der Waals surface area contributed by atoms with Crippen molar-refractivity contribution < 1.29 is 28.2 Å². The molecule has 0 aliphatic rings. The van der Waals surface area contributed by atoms with Gasteiger partial charge in [-0.05, 0) is 65.7 Å². The highest BCUT2D eigenvalue weighted by Gasteiger charge is 2.16. The highest BCUT2D eigenvalue weighted by Crippen LogP contribution is 2.37. The Bertz CT molecular complexity index is 1250. The monoisotopic (exact) mass is 557 g/mol. The van der Waals surface area contributed by atoms with Crippen LogP contribution in [0.2, 0.25) is 0 Å². The van der Waals surface area contributed by atoms with E-state index in [1.807, 2.05) is 13.8 Å². The van der Waals surface area contributed by atoms with Gasteiger partial charge in [-0.25, -0.2) is 9.82 Å². The quantitative estimate of drug-likeness (QED) is 0.206. The van der Waals surface area contributed by atoms with Crippen molar-refractivity contribution in [1.29, 1.82) is 0 Å². The zero-order valence-electron chi connectivity index (χ0n) is 19.7. The van der Waals surface area contributed by atoms with Crippen LogP contribution < -0.4 is 25.0 Å². The lowest BCUT2D eigenvalue weighted by Gasteiger charge is -2.15. The summed E-state index contributed by atoms with van der Waals surface area (Å²) in [4.78, 5) is 24.4. The Labute approximate surface area is 216 Å². The smallest absolute Gasteiger partial charge is 0.329 e. The molecule has 0 saturated heterocycles. The van der Waals surface area contributed by atoms with Gasteiger partial charge in [-0.1, -0.05) is 30.3 Å². The number of nitrogens with zero attached hydrogens (tertiary/aromatic N) is 1. The van der Waals surface area contributed by atoms with Gasteiger partial charge in [-0.3, -0.25) is 9.59 Å². The van der Waals surface area contributed by atoms with E-state index in [2.05, 4.69) is 31.8 Å². The van der Waals surface area contributed by atoms with Gasteiger partial charge in [0, 0.05) is 5.56 Å². The predicted molar refractivity (Wildman–Crippen MR) is 138 cm³/mol. The van der Waals surface area contributed by atoms with Crippen LogP contribution in [0.3, 0.4) is 0 Å². The van der Waals surface area contributed by atoms with Crippen LogP contribution in [0.1, 0.15) is 25.0 Å². The number of anilines is 1. The molecule has 0 bridgehead atoms. The molecule has 3 aromatic carbocycles. The SMILES string of the molecule is CCOc1ccccc1NC(=O)C(=O)N/N=C/c1cc(Br)c(OCc2ccccc2F)c(OCC)c1. The normalized spacial score (nSPS) is 10.7. The van der Waals surface area contributed by atoms with Gasteiger partial charge in [-0.15, -0.1) is 0 Å². The maximum atomic E-state index is 13.9. The number of hydrogen-bond donors (Lipinski definition) is 2. The van der Waals surface area contributed by atoms with E-state index in [4.69, 9.17) is 14.2 Å². The minimum atomic E-state index is -0.952. The number of ether oxygens (including phenoxy) is 3. The molecule has 3 aromatic rings. The molecule has 0 heterocycles. The molecular weight excluding hydrogens is 533 g/mol. The molecule has 2 N–H and O–H groups in total. The summed E-state index contributed by atoms with van der Waals surface area (Å²) >= 11 is 3.44. The fourth-order valence-electron chi connectivity index (χ4n) is 3.08. The maximum absolute atomic E-state index is 13.9. The van der Waals surface area contributed by atoms with Crippen molar-refractivity contribution in [2.75, 3.05) is 18.5 Å². The number of para-hydroxylation sites is 2. The first-order valence-corrected chi connectivity index (χ1v) is 11.9. The van der Waals surface area contributed by atoms with Gasteiger partial charge in [0.25, 0.3) is 0 Å². The zero-order chi connectivity index (χ0) is 25.9. The fourth-order valence-corrected chi connectivity index (χ4v) is 3.65. The molecule has 0 saturated carbocycles. The molecule has 0 aliphatic heterocycles. The van der Waals surface area contributed by atoms with Crippen LogP contribution in [-0.4, -0.2) is 31.2 Å². The van der Waals surface area contributed by atoms with Gasteiger partial charge in [0.1, 0.15) is 18.2 Å². The summed E-state index contributed by atoms with van der Waals surface area (Å²) in [7, 11) is 0. The second kappa shape index (κ2) is 13.2. The number of carbonyl (C=O) groups excluding carboxylic acids is 2. The minimum absolute atomic E-state index is 0.0103. The Hall–Kier alpha value is -3.92. The molecule has 10 heteroatoms. The number of rotatable bonds is 10. The number of hydrazone groups is 1. The Morgan fingerprint density at radius 1 is 0.944 bits per heavy atom. The lowest BCUT2D eigenvalue weighted by atomic mass is 10.2. The van der Waals surface area contributed by atoms with Gasteiger partial charge in [0.15, 0.2) is 11.5 Å². The van der Waals surface area contributed by atoms with E-state index in [0.717, 1.165) is 0 Å². The highest BCUT2D eigenvalue weighted by molar-refractivity contribution is 9.10. The van der Waals surface area contributed by atoms with E-state index in [-0.39, 0.29) is 12.4 Å². The standard InChI is InChI=1S/C26H25BrFN3O5/c1-3-34-22-12-8-7-11-21(22)30-25(32)26(33)31-29-15-17-13-19(27)24(23(14-17)35-4-2)36-16-18-9-5-6-10-20(18)28/h5-15H,3-4,16H2,1-2H3,(H,30,32)(H,31,33)/b29-15+. The van der Waals surface area contributed by atoms with Gasteiger partial charge < -0.3 is 19.5 Å². The summed E-state index contributed by atoms with van der Waals surface area (Å²) in [5.41, 5.74) is 3.53. The van der Waals surface area contributed by atoms with Gasteiger partial charge in [0.2, 0.25) is 0 Å². The first-order chi connectivity index (χ1) is 17.4.